The van der Waals surface area contributed by atoms with Gasteiger partial charge in [-0.2, -0.15) is 5.10 Å². The Morgan fingerprint density at radius 2 is 2.38 bits per heavy atom. The molecule has 2 rings (SSSR count). The third-order valence-corrected chi connectivity index (χ3v) is 2.82. The molecule has 5 nitrogen and oxygen atoms in total. The quantitative estimate of drug-likeness (QED) is 0.812. The van der Waals surface area contributed by atoms with Gasteiger partial charge in [0.1, 0.15) is 0 Å². The number of amides is 1. The molecule has 1 heterocycles. The van der Waals surface area contributed by atoms with Crippen LogP contribution in [0, 0.1) is 5.92 Å². The van der Waals surface area contributed by atoms with Crippen LogP contribution < -0.4 is 11.1 Å². The Bertz CT molecular complexity index is 365. The Morgan fingerprint density at radius 3 is 2.88 bits per heavy atom. The average molecular weight is 245 g/mol. The predicted octanol–water partition coefficient (Wildman–Crippen LogP) is 0.908. The molecule has 0 radical (unpaired) electrons. The number of aromatic nitrogens is 2. The molecule has 1 aliphatic rings. The lowest BCUT2D eigenvalue weighted by Gasteiger charge is -2.08. The van der Waals surface area contributed by atoms with Gasteiger partial charge < -0.3 is 11.1 Å². The van der Waals surface area contributed by atoms with Crippen LogP contribution in [0.1, 0.15) is 19.3 Å². The van der Waals surface area contributed by atoms with Gasteiger partial charge in [0.05, 0.1) is 11.9 Å². The van der Waals surface area contributed by atoms with E-state index >= 15 is 0 Å². The van der Waals surface area contributed by atoms with E-state index < -0.39 is 0 Å². The van der Waals surface area contributed by atoms with Crippen LogP contribution in [0.3, 0.4) is 0 Å². The zero-order valence-electron chi connectivity index (χ0n) is 9.22. The van der Waals surface area contributed by atoms with E-state index in [-0.39, 0.29) is 30.3 Å². The second-order valence-electron chi connectivity index (χ2n) is 4.16. The van der Waals surface area contributed by atoms with E-state index in [0.717, 1.165) is 24.9 Å². The minimum atomic E-state index is 0. The molecule has 2 unspecified atom stereocenters. The fraction of sp³-hybridized carbons (Fsp3) is 0.600. The summed E-state index contributed by atoms with van der Waals surface area (Å²) in [6, 6.07) is 0.189. The molecule has 0 saturated heterocycles. The Labute approximate surface area is 101 Å². The minimum Gasteiger partial charge on any atom is -0.328 e. The molecule has 0 bridgehead atoms. The van der Waals surface area contributed by atoms with Gasteiger partial charge in [-0.3, -0.25) is 9.48 Å². The Balaban J connectivity index is 0.00000128. The number of anilines is 1. The third-order valence-electron chi connectivity index (χ3n) is 2.82. The summed E-state index contributed by atoms with van der Waals surface area (Å²) in [5.74, 6) is 0.135. The number of nitrogens with zero attached hydrogens (tertiary/aromatic N) is 2. The van der Waals surface area contributed by atoms with Crippen LogP contribution in [0.25, 0.3) is 0 Å². The Hall–Kier alpha value is -1.07. The monoisotopic (exact) mass is 244 g/mol. The zero-order valence-corrected chi connectivity index (χ0v) is 10.0. The highest BCUT2D eigenvalue weighted by Gasteiger charge is 2.27. The van der Waals surface area contributed by atoms with E-state index in [1.54, 1.807) is 17.1 Å². The molecule has 1 saturated carbocycles. The molecule has 1 aliphatic carbocycles. The van der Waals surface area contributed by atoms with E-state index in [1.807, 2.05) is 7.05 Å². The Kier molecular flexibility index (Phi) is 4.32. The van der Waals surface area contributed by atoms with E-state index in [0.29, 0.717) is 0 Å². The number of halogens is 1. The van der Waals surface area contributed by atoms with Gasteiger partial charge in [-0.25, -0.2) is 0 Å². The number of rotatable bonds is 2. The lowest BCUT2D eigenvalue weighted by atomic mass is 10.1. The molecule has 16 heavy (non-hydrogen) atoms. The number of hydrogen-bond donors (Lipinski definition) is 2. The van der Waals surface area contributed by atoms with Crippen LogP contribution >= 0.6 is 12.4 Å². The number of aryl methyl sites for hydroxylation is 1. The van der Waals surface area contributed by atoms with Gasteiger partial charge in [-0.15, -0.1) is 12.4 Å². The van der Waals surface area contributed by atoms with Gasteiger partial charge >= 0.3 is 0 Å². The maximum Gasteiger partial charge on any atom is 0.227 e. The molecule has 0 aliphatic heterocycles. The van der Waals surface area contributed by atoms with Gasteiger partial charge in [0.15, 0.2) is 0 Å². The minimum absolute atomic E-state index is 0. The van der Waals surface area contributed by atoms with Crippen molar-refractivity contribution < 1.29 is 4.79 Å². The maximum atomic E-state index is 11.8. The number of hydrogen-bond acceptors (Lipinski definition) is 3. The fourth-order valence-corrected chi connectivity index (χ4v) is 1.98. The molecule has 1 fully saturated rings. The maximum absolute atomic E-state index is 11.8. The second-order valence-corrected chi connectivity index (χ2v) is 4.16. The Morgan fingerprint density at radius 1 is 1.62 bits per heavy atom. The van der Waals surface area contributed by atoms with Crippen LogP contribution in [0.5, 0.6) is 0 Å². The van der Waals surface area contributed by atoms with Crippen LogP contribution in [0.2, 0.25) is 0 Å². The van der Waals surface area contributed by atoms with Crippen LogP contribution in [-0.2, 0) is 11.8 Å². The molecule has 2 atom stereocenters. The first-order valence-electron chi connectivity index (χ1n) is 5.20. The zero-order chi connectivity index (χ0) is 10.8. The molecule has 1 amide bonds. The van der Waals surface area contributed by atoms with E-state index in [2.05, 4.69) is 10.4 Å². The second kappa shape index (κ2) is 5.32. The predicted molar refractivity (Wildman–Crippen MR) is 64.4 cm³/mol. The van der Waals surface area contributed by atoms with Crippen molar-refractivity contribution >= 4 is 24.0 Å². The highest BCUT2D eigenvalue weighted by Crippen LogP contribution is 2.25. The lowest BCUT2D eigenvalue weighted by molar-refractivity contribution is -0.119. The van der Waals surface area contributed by atoms with E-state index in [9.17, 15) is 4.79 Å². The first kappa shape index (κ1) is 13.0. The first-order chi connectivity index (χ1) is 7.15. The molecule has 1 aromatic heterocycles. The topological polar surface area (TPSA) is 72.9 Å². The standard InChI is InChI=1S/C10H16N4O.ClH/c1-14-6-9(5-12-14)13-10(15)7-2-3-8(11)4-7;/h5-8H,2-4,11H2,1H3,(H,13,15);1H. The van der Waals surface area contributed by atoms with Gasteiger partial charge in [-0.05, 0) is 19.3 Å². The van der Waals surface area contributed by atoms with Gasteiger partial charge in [0.25, 0.3) is 0 Å². The molecular weight excluding hydrogens is 228 g/mol. The molecule has 1 aromatic rings. The van der Waals surface area contributed by atoms with E-state index in [4.69, 9.17) is 5.73 Å². The molecule has 90 valence electrons. The highest BCUT2D eigenvalue weighted by molar-refractivity contribution is 5.92. The van der Waals surface area contributed by atoms with E-state index in [1.165, 1.54) is 0 Å². The normalized spacial score (nSPS) is 23.9. The molecule has 6 heteroatoms. The molecule has 0 spiro atoms. The summed E-state index contributed by atoms with van der Waals surface area (Å²) in [5, 5.41) is 6.84. The fourth-order valence-electron chi connectivity index (χ4n) is 1.98. The van der Waals surface area contributed by atoms with Crippen molar-refractivity contribution in [1.82, 2.24) is 9.78 Å². The summed E-state index contributed by atoms with van der Waals surface area (Å²) < 4.78 is 1.66. The molecule has 3 N–H and O–H groups in total. The largest absolute Gasteiger partial charge is 0.328 e. The summed E-state index contributed by atoms with van der Waals surface area (Å²) in [4.78, 5) is 11.8. The smallest absolute Gasteiger partial charge is 0.227 e. The average Bonchev–Trinajstić information content (AvgIpc) is 2.75. The number of carbonyl (C=O) groups is 1. The molecule has 0 aromatic carbocycles. The summed E-state index contributed by atoms with van der Waals surface area (Å²) >= 11 is 0. The van der Waals surface area contributed by atoms with Gasteiger partial charge in [0.2, 0.25) is 5.91 Å². The van der Waals surface area contributed by atoms with Crippen molar-refractivity contribution in [3.63, 3.8) is 0 Å². The summed E-state index contributed by atoms with van der Waals surface area (Å²) in [5.41, 5.74) is 6.52. The number of nitrogens with two attached hydrogens (primary N) is 1. The summed E-state index contributed by atoms with van der Waals surface area (Å²) in [7, 11) is 1.82. The van der Waals surface area contributed by atoms with Crippen molar-refractivity contribution in [1.29, 1.82) is 0 Å². The van der Waals surface area contributed by atoms with Gasteiger partial charge in [0, 0.05) is 25.2 Å². The van der Waals surface area contributed by atoms with Crippen LogP contribution in [0.4, 0.5) is 5.69 Å². The van der Waals surface area contributed by atoms with Gasteiger partial charge in [-0.1, -0.05) is 0 Å². The molecular formula is C10H17ClN4O. The van der Waals surface area contributed by atoms with Crippen molar-refractivity contribution in [2.45, 2.75) is 25.3 Å². The third kappa shape index (κ3) is 2.96. The number of nitrogens with one attached hydrogen (secondary N) is 1. The van der Waals surface area contributed by atoms with Crippen molar-refractivity contribution in [2.24, 2.45) is 18.7 Å². The van der Waals surface area contributed by atoms with Crippen molar-refractivity contribution in [2.75, 3.05) is 5.32 Å². The SMILES string of the molecule is Cl.Cn1cc(NC(=O)C2CCC(N)C2)cn1. The number of carbonyl (C=O) groups excluding carboxylic acids is 1. The van der Waals surface area contributed by atoms with Crippen molar-refractivity contribution in [3.05, 3.63) is 12.4 Å². The first-order valence-corrected chi connectivity index (χ1v) is 5.20. The van der Waals surface area contributed by atoms with Crippen LogP contribution in [0.15, 0.2) is 12.4 Å². The summed E-state index contributed by atoms with van der Waals surface area (Å²) in [6.07, 6.45) is 6.07. The highest BCUT2D eigenvalue weighted by atomic mass is 35.5. The lowest BCUT2D eigenvalue weighted by Crippen LogP contribution is -2.23. The van der Waals surface area contributed by atoms with Crippen LogP contribution in [-0.4, -0.2) is 21.7 Å². The summed E-state index contributed by atoms with van der Waals surface area (Å²) in [6.45, 7) is 0. The van der Waals surface area contributed by atoms with Crippen molar-refractivity contribution in [3.8, 4) is 0 Å².